The summed E-state index contributed by atoms with van der Waals surface area (Å²) in [6, 6.07) is 0. The van der Waals surface area contributed by atoms with Crippen molar-refractivity contribution in [2.75, 3.05) is 47.5 Å². The molecule has 81 heavy (non-hydrogen) atoms. The molecule has 0 aromatic carbocycles. The molecule has 2 unspecified atom stereocenters. The monoisotopic (exact) mass is 1170 g/mol. The van der Waals surface area contributed by atoms with Crippen LogP contribution in [0, 0.1) is 0 Å². The Hall–Kier alpha value is -1.25. The van der Waals surface area contributed by atoms with Gasteiger partial charge >= 0.3 is 11.9 Å². The zero-order valence-electron chi connectivity index (χ0n) is 55.0. The molecule has 9 nitrogen and oxygen atoms in total. The molecule has 482 valence electrons. The molecule has 0 N–H and O–H groups in total. The van der Waals surface area contributed by atoms with Gasteiger partial charge in [-0.05, 0) is 38.5 Å². The number of carbonyl (C=O) groups excluding carboxylic acids is 2. The number of phosphoric ester groups is 1. The summed E-state index contributed by atoms with van der Waals surface area (Å²) >= 11 is 0. The van der Waals surface area contributed by atoms with Gasteiger partial charge in [0.05, 0.1) is 27.7 Å². The molecule has 0 bridgehead atoms. The van der Waals surface area contributed by atoms with Crippen LogP contribution in [0.2, 0.25) is 0 Å². The fourth-order valence-electron chi connectivity index (χ4n) is 11.0. The van der Waals surface area contributed by atoms with E-state index >= 15 is 0 Å². The predicted molar refractivity (Wildman–Crippen MR) is 347 cm³/mol. The average Bonchev–Trinajstić information content (AvgIpc) is 3.43. The average molecular weight is 1170 g/mol. The van der Waals surface area contributed by atoms with Gasteiger partial charge in [0, 0.05) is 12.8 Å². The van der Waals surface area contributed by atoms with E-state index in [0.717, 1.165) is 32.1 Å². The molecule has 0 amide bonds. The summed E-state index contributed by atoms with van der Waals surface area (Å²) in [7, 11) is 1.19. The number of hydrogen-bond acceptors (Lipinski definition) is 8. The van der Waals surface area contributed by atoms with Gasteiger partial charge in [-0.15, -0.1) is 0 Å². The number of quaternary nitrogens is 1. The van der Waals surface area contributed by atoms with Crippen molar-refractivity contribution in [3.63, 3.8) is 0 Å². The molecule has 0 heterocycles. The normalized spacial score (nSPS) is 13.1. The van der Waals surface area contributed by atoms with Gasteiger partial charge in [0.25, 0.3) is 7.82 Å². The van der Waals surface area contributed by atoms with Crippen molar-refractivity contribution in [3.05, 3.63) is 12.2 Å². The number of likely N-dealkylation sites (N-methyl/N-ethyl adjacent to an activating group) is 1. The molecule has 0 aliphatic rings. The zero-order chi connectivity index (χ0) is 59.1. The van der Waals surface area contributed by atoms with Gasteiger partial charge in [0.1, 0.15) is 19.8 Å². The second-order valence-electron chi connectivity index (χ2n) is 26.0. The van der Waals surface area contributed by atoms with E-state index in [2.05, 4.69) is 26.0 Å². The molecule has 0 saturated heterocycles. The van der Waals surface area contributed by atoms with Crippen LogP contribution in [0.1, 0.15) is 380 Å². The third-order valence-corrected chi connectivity index (χ3v) is 17.5. The maximum atomic E-state index is 12.8. The van der Waals surface area contributed by atoms with E-state index in [0.29, 0.717) is 17.4 Å². The Balaban J connectivity index is 3.87. The summed E-state index contributed by atoms with van der Waals surface area (Å²) in [6.45, 7) is 4.32. The van der Waals surface area contributed by atoms with Gasteiger partial charge in [-0.25, -0.2) is 0 Å². The van der Waals surface area contributed by atoms with E-state index < -0.39 is 26.5 Å². The van der Waals surface area contributed by atoms with Crippen molar-refractivity contribution < 1.29 is 42.1 Å². The Morgan fingerprint density at radius 2 is 0.630 bits per heavy atom. The number of ether oxygens (including phenoxy) is 2. The number of esters is 2. The summed E-state index contributed by atoms with van der Waals surface area (Å²) in [6.07, 6.45) is 77.5. The maximum absolute atomic E-state index is 12.8. The van der Waals surface area contributed by atoms with Crippen molar-refractivity contribution in [1.29, 1.82) is 0 Å². The first-order chi connectivity index (χ1) is 39.5. The summed E-state index contributed by atoms with van der Waals surface area (Å²) in [5, 5.41) is 0. The Morgan fingerprint density at radius 1 is 0.370 bits per heavy atom. The zero-order valence-corrected chi connectivity index (χ0v) is 55.9. The second-order valence-corrected chi connectivity index (χ2v) is 27.4. The topological polar surface area (TPSA) is 111 Å². The quantitative estimate of drug-likeness (QED) is 0.0195. The highest BCUT2D eigenvalue weighted by atomic mass is 31.2. The Kier molecular flexibility index (Phi) is 62.3. The minimum atomic E-state index is -4.63. The summed E-state index contributed by atoms with van der Waals surface area (Å²) < 4.78 is 34.3. The fraction of sp³-hybridized carbons (Fsp3) is 0.944. The third kappa shape index (κ3) is 67.7. The second kappa shape index (κ2) is 63.3. The van der Waals surface area contributed by atoms with Crippen LogP contribution in [0.5, 0.6) is 0 Å². The smallest absolute Gasteiger partial charge is 0.306 e. The van der Waals surface area contributed by atoms with Crippen molar-refractivity contribution >= 4 is 19.8 Å². The van der Waals surface area contributed by atoms with E-state index in [1.807, 2.05) is 21.1 Å². The minimum absolute atomic E-state index is 0.0256. The molecule has 0 aliphatic heterocycles. The largest absolute Gasteiger partial charge is 0.756 e. The van der Waals surface area contributed by atoms with E-state index in [4.69, 9.17) is 18.5 Å². The number of allylic oxidation sites excluding steroid dienone is 2. The summed E-state index contributed by atoms with van der Waals surface area (Å²) in [5.74, 6) is -0.807. The number of unbranched alkanes of at least 4 members (excludes halogenated alkanes) is 52. The van der Waals surface area contributed by atoms with Crippen LogP contribution in [-0.2, 0) is 32.7 Å². The van der Waals surface area contributed by atoms with Crippen molar-refractivity contribution in [3.8, 4) is 0 Å². The van der Waals surface area contributed by atoms with Crippen LogP contribution in [0.15, 0.2) is 12.2 Å². The Labute approximate surface area is 505 Å². The van der Waals surface area contributed by atoms with E-state index in [-0.39, 0.29) is 32.0 Å². The Bertz CT molecular complexity index is 1370. The van der Waals surface area contributed by atoms with Gasteiger partial charge in [-0.1, -0.05) is 341 Å². The molecule has 0 aliphatic carbocycles. The van der Waals surface area contributed by atoms with Gasteiger partial charge in [-0.2, -0.15) is 0 Å². The lowest BCUT2D eigenvalue weighted by Crippen LogP contribution is -2.37. The molecule has 0 radical (unpaired) electrons. The number of rotatable bonds is 68. The fourth-order valence-corrected chi connectivity index (χ4v) is 11.7. The molecule has 0 spiro atoms. The van der Waals surface area contributed by atoms with Crippen LogP contribution in [0.4, 0.5) is 0 Å². The number of hydrogen-bond donors (Lipinski definition) is 0. The van der Waals surface area contributed by atoms with Gasteiger partial charge in [0.15, 0.2) is 6.10 Å². The maximum Gasteiger partial charge on any atom is 0.306 e. The lowest BCUT2D eigenvalue weighted by molar-refractivity contribution is -0.870. The first kappa shape index (κ1) is 79.8. The van der Waals surface area contributed by atoms with Crippen LogP contribution in [-0.4, -0.2) is 70.0 Å². The molecule has 10 heteroatoms. The summed E-state index contributed by atoms with van der Waals surface area (Å²) in [5.41, 5.74) is 0. The molecule has 0 saturated carbocycles. The van der Waals surface area contributed by atoms with Crippen LogP contribution in [0.25, 0.3) is 0 Å². The lowest BCUT2D eigenvalue weighted by Gasteiger charge is -2.28. The van der Waals surface area contributed by atoms with Gasteiger partial charge < -0.3 is 27.9 Å². The molecule has 0 rings (SSSR count). The van der Waals surface area contributed by atoms with E-state index in [9.17, 15) is 19.0 Å². The summed E-state index contributed by atoms with van der Waals surface area (Å²) in [4.78, 5) is 38.0. The van der Waals surface area contributed by atoms with E-state index in [1.54, 1.807) is 0 Å². The first-order valence-electron chi connectivity index (χ1n) is 35.9. The standard InChI is InChI=1S/C71H140NO8P/c1-6-8-10-12-14-16-18-20-22-24-26-27-28-29-30-31-32-33-34-35-36-37-38-39-40-41-42-43-44-45-46-48-50-52-54-56-58-60-62-64-71(74)80-69(68-79-81(75,76)78-66-65-72(3,4)5)67-77-70(73)63-61-59-57-55-53-51-49-47-25-23-21-19-17-15-13-11-9-7-2/h24,26,69H,6-23,25,27-68H2,1-5H3/b26-24-. The van der Waals surface area contributed by atoms with Crippen LogP contribution >= 0.6 is 7.82 Å². The van der Waals surface area contributed by atoms with Crippen molar-refractivity contribution in [1.82, 2.24) is 0 Å². The molecule has 0 aromatic heterocycles. The van der Waals surface area contributed by atoms with Crippen LogP contribution in [0.3, 0.4) is 0 Å². The lowest BCUT2D eigenvalue weighted by atomic mass is 10.0. The molecular weight excluding hydrogens is 1030 g/mol. The van der Waals surface area contributed by atoms with Gasteiger partial charge in [0.2, 0.25) is 0 Å². The molecule has 2 atom stereocenters. The number of nitrogens with zero attached hydrogens (tertiary/aromatic N) is 1. The molecular formula is C71H140NO8P. The van der Waals surface area contributed by atoms with Crippen LogP contribution < -0.4 is 4.89 Å². The molecule has 0 fully saturated rings. The molecule has 0 aromatic rings. The van der Waals surface area contributed by atoms with E-state index in [1.165, 1.54) is 315 Å². The Morgan fingerprint density at radius 3 is 0.914 bits per heavy atom. The first-order valence-corrected chi connectivity index (χ1v) is 37.4. The highest BCUT2D eigenvalue weighted by Crippen LogP contribution is 2.38. The van der Waals surface area contributed by atoms with Gasteiger partial charge in [-0.3, -0.25) is 14.2 Å². The number of carbonyl (C=O) groups is 2. The third-order valence-electron chi connectivity index (χ3n) is 16.5. The van der Waals surface area contributed by atoms with Crippen molar-refractivity contribution in [2.24, 2.45) is 0 Å². The highest BCUT2D eigenvalue weighted by Gasteiger charge is 2.22. The SMILES string of the molecule is CCCCCCCCCC/C=C\CCCCCCCCCCCCCCCCCCCCCCCCCCCCCC(=O)OC(COC(=O)CCCCCCCCCCCCCCCCCCCC)COP(=O)([O-])OCC[N+](C)(C)C. The minimum Gasteiger partial charge on any atom is -0.756 e. The van der Waals surface area contributed by atoms with Crippen molar-refractivity contribution in [2.45, 2.75) is 386 Å². The highest BCUT2D eigenvalue weighted by molar-refractivity contribution is 7.45. The number of phosphoric acid groups is 1. The predicted octanol–water partition coefficient (Wildman–Crippen LogP) is 22.5.